The number of carbonyl (C=O) groups excluding carboxylic acids is 1. The van der Waals surface area contributed by atoms with Crippen molar-refractivity contribution >= 4 is 5.91 Å². The maximum Gasteiger partial charge on any atom is 0.221 e. The zero-order chi connectivity index (χ0) is 15.8. The van der Waals surface area contributed by atoms with Crippen molar-refractivity contribution in [2.75, 3.05) is 26.7 Å². The number of rotatable bonds is 8. The third kappa shape index (κ3) is 6.69. The number of amides is 1. The van der Waals surface area contributed by atoms with Gasteiger partial charge in [0.25, 0.3) is 0 Å². The summed E-state index contributed by atoms with van der Waals surface area (Å²) in [5, 5.41) is 12.8. The van der Waals surface area contributed by atoms with Gasteiger partial charge in [-0.05, 0) is 23.6 Å². The van der Waals surface area contributed by atoms with E-state index in [2.05, 4.69) is 24.1 Å². The van der Waals surface area contributed by atoms with Gasteiger partial charge >= 0.3 is 0 Å². The van der Waals surface area contributed by atoms with Crippen LogP contribution in [-0.2, 0) is 4.79 Å². The summed E-state index contributed by atoms with van der Waals surface area (Å²) in [6, 6.07) is 5.87. The lowest BCUT2D eigenvalue weighted by molar-refractivity contribution is -0.121. The lowest BCUT2D eigenvalue weighted by Gasteiger charge is -2.26. The van der Waals surface area contributed by atoms with Crippen LogP contribution in [0.1, 0.15) is 31.9 Å². The molecule has 4 nitrogen and oxygen atoms in total. The number of aliphatic hydroxyl groups is 1. The van der Waals surface area contributed by atoms with Gasteiger partial charge < -0.3 is 10.4 Å². The quantitative estimate of drug-likeness (QED) is 0.771. The Morgan fingerprint density at radius 3 is 2.43 bits per heavy atom. The summed E-state index contributed by atoms with van der Waals surface area (Å²) in [5.74, 6) is 0.111. The molecule has 0 saturated carbocycles. The van der Waals surface area contributed by atoms with E-state index < -0.39 is 6.10 Å². The Morgan fingerprint density at radius 2 is 1.90 bits per heavy atom. The molecule has 0 fully saturated rings. The molecule has 0 spiro atoms. The number of nitrogens with one attached hydrogen (secondary N) is 1. The number of halogens is 1. The number of nitrogens with zero attached hydrogens (tertiary/aromatic N) is 1. The number of carbonyl (C=O) groups is 1. The summed E-state index contributed by atoms with van der Waals surface area (Å²) in [4.78, 5) is 13.4. The second-order valence-electron chi connectivity index (χ2n) is 5.64. The SMILES string of the molecule is CNC(=O)CCN(CC(C)C)CC(O)c1ccc(F)cc1. The third-order valence-electron chi connectivity index (χ3n) is 3.24. The minimum absolute atomic E-state index is 0.0139. The van der Waals surface area contributed by atoms with Crippen LogP contribution >= 0.6 is 0 Å². The van der Waals surface area contributed by atoms with Crippen molar-refractivity contribution in [2.24, 2.45) is 5.92 Å². The smallest absolute Gasteiger partial charge is 0.221 e. The zero-order valence-corrected chi connectivity index (χ0v) is 13.0. The lowest BCUT2D eigenvalue weighted by Crippen LogP contribution is -2.35. The van der Waals surface area contributed by atoms with Crippen LogP contribution in [0.5, 0.6) is 0 Å². The summed E-state index contributed by atoms with van der Waals surface area (Å²) in [5.41, 5.74) is 0.685. The molecule has 0 radical (unpaired) electrons. The van der Waals surface area contributed by atoms with Gasteiger partial charge in [-0.15, -0.1) is 0 Å². The highest BCUT2D eigenvalue weighted by Crippen LogP contribution is 2.16. The largest absolute Gasteiger partial charge is 0.387 e. The van der Waals surface area contributed by atoms with Gasteiger partial charge in [0, 0.05) is 33.1 Å². The molecule has 5 heteroatoms. The van der Waals surface area contributed by atoms with Crippen molar-refractivity contribution in [3.63, 3.8) is 0 Å². The molecule has 1 aromatic carbocycles. The molecule has 21 heavy (non-hydrogen) atoms. The van der Waals surface area contributed by atoms with E-state index in [1.807, 2.05) is 0 Å². The molecule has 0 aromatic heterocycles. The Balaban J connectivity index is 2.61. The van der Waals surface area contributed by atoms with Crippen molar-refractivity contribution in [1.29, 1.82) is 0 Å². The highest BCUT2D eigenvalue weighted by molar-refractivity contribution is 5.75. The van der Waals surface area contributed by atoms with E-state index in [1.165, 1.54) is 12.1 Å². The van der Waals surface area contributed by atoms with E-state index in [0.717, 1.165) is 6.54 Å². The fourth-order valence-electron chi connectivity index (χ4n) is 2.19. The molecule has 0 aliphatic heterocycles. The van der Waals surface area contributed by atoms with Crippen molar-refractivity contribution < 1.29 is 14.3 Å². The summed E-state index contributed by atoms with van der Waals surface area (Å²) in [7, 11) is 1.61. The Morgan fingerprint density at radius 1 is 1.29 bits per heavy atom. The molecule has 1 rings (SSSR count). The van der Waals surface area contributed by atoms with Crippen LogP contribution in [-0.4, -0.2) is 42.6 Å². The molecular formula is C16H25FN2O2. The second-order valence-corrected chi connectivity index (χ2v) is 5.64. The molecule has 1 unspecified atom stereocenters. The molecule has 0 bridgehead atoms. The molecule has 1 aromatic rings. The van der Waals surface area contributed by atoms with E-state index in [9.17, 15) is 14.3 Å². The first-order valence-corrected chi connectivity index (χ1v) is 7.28. The van der Waals surface area contributed by atoms with Crippen LogP contribution in [0.3, 0.4) is 0 Å². The predicted octanol–water partition coefficient (Wildman–Crippen LogP) is 1.95. The first-order chi connectivity index (χ1) is 9.92. The number of aliphatic hydroxyl groups excluding tert-OH is 1. The lowest BCUT2D eigenvalue weighted by atomic mass is 10.1. The third-order valence-corrected chi connectivity index (χ3v) is 3.24. The normalized spacial score (nSPS) is 12.7. The fraction of sp³-hybridized carbons (Fsp3) is 0.562. The minimum Gasteiger partial charge on any atom is -0.387 e. The van der Waals surface area contributed by atoms with Crippen molar-refractivity contribution in [3.05, 3.63) is 35.6 Å². The second kappa shape index (κ2) is 8.74. The first-order valence-electron chi connectivity index (χ1n) is 7.28. The first kappa shape index (κ1) is 17.6. The van der Waals surface area contributed by atoms with Gasteiger partial charge in [-0.3, -0.25) is 9.69 Å². The topological polar surface area (TPSA) is 52.6 Å². The zero-order valence-electron chi connectivity index (χ0n) is 13.0. The molecule has 2 N–H and O–H groups in total. The maximum atomic E-state index is 12.9. The van der Waals surface area contributed by atoms with E-state index in [-0.39, 0.29) is 11.7 Å². The fourth-order valence-corrected chi connectivity index (χ4v) is 2.19. The monoisotopic (exact) mass is 296 g/mol. The molecule has 118 valence electrons. The van der Waals surface area contributed by atoms with E-state index in [0.29, 0.717) is 31.0 Å². The summed E-state index contributed by atoms with van der Waals surface area (Å²) in [6.07, 6.45) is -0.284. The Hall–Kier alpha value is -1.46. The number of hydrogen-bond donors (Lipinski definition) is 2. The van der Waals surface area contributed by atoms with Gasteiger partial charge in [0.05, 0.1) is 6.10 Å². The average Bonchev–Trinajstić information content (AvgIpc) is 2.44. The molecule has 0 aliphatic carbocycles. The molecule has 0 heterocycles. The van der Waals surface area contributed by atoms with Crippen LogP contribution in [0, 0.1) is 11.7 Å². The van der Waals surface area contributed by atoms with Crippen LogP contribution in [0.2, 0.25) is 0 Å². The number of hydrogen-bond acceptors (Lipinski definition) is 3. The van der Waals surface area contributed by atoms with Gasteiger partial charge in [0.1, 0.15) is 5.82 Å². The summed E-state index contributed by atoms with van der Waals surface area (Å²) in [6.45, 7) is 6.01. The van der Waals surface area contributed by atoms with Crippen molar-refractivity contribution in [3.8, 4) is 0 Å². The standard InChI is InChI=1S/C16H25FN2O2/c1-12(2)10-19(9-8-16(21)18-3)11-15(20)13-4-6-14(17)7-5-13/h4-7,12,15,20H,8-11H2,1-3H3,(H,18,21). The highest BCUT2D eigenvalue weighted by atomic mass is 19.1. The van der Waals surface area contributed by atoms with Gasteiger partial charge in [0.2, 0.25) is 5.91 Å². The predicted molar refractivity (Wildman–Crippen MR) is 81.3 cm³/mol. The van der Waals surface area contributed by atoms with E-state index >= 15 is 0 Å². The maximum absolute atomic E-state index is 12.9. The Labute approximate surface area is 126 Å². The molecule has 0 saturated heterocycles. The summed E-state index contributed by atoms with van der Waals surface area (Å²) >= 11 is 0. The van der Waals surface area contributed by atoms with Gasteiger partial charge in [-0.25, -0.2) is 4.39 Å². The molecule has 0 aliphatic rings. The van der Waals surface area contributed by atoms with E-state index in [4.69, 9.17) is 0 Å². The molecule has 1 atom stereocenters. The van der Waals surface area contributed by atoms with Crippen LogP contribution in [0.4, 0.5) is 4.39 Å². The van der Waals surface area contributed by atoms with Gasteiger partial charge in [-0.2, -0.15) is 0 Å². The number of benzene rings is 1. The molecular weight excluding hydrogens is 271 g/mol. The van der Waals surface area contributed by atoms with Crippen molar-refractivity contribution in [1.82, 2.24) is 10.2 Å². The summed E-state index contributed by atoms with van der Waals surface area (Å²) < 4.78 is 12.9. The van der Waals surface area contributed by atoms with E-state index in [1.54, 1.807) is 19.2 Å². The molecule has 1 amide bonds. The Bertz CT molecular complexity index is 434. The van der Waals surface area contributed by atoms with Crippen LogP contribution < -0.4 is 5.32 Å². The highest BCUT2D eigenvalue weighted by Gasteiger charge is 2.15. The van der Waals surface area contributed by atoms with Gasteiger partial charge in [-0.1, -0.05) is 26.0 Å². The minimum atomic E-state index is -0.686. The van der Waals surface area contributed by atoms with Gasteiger partial charge in [0.15, 0.2) is 0 Å². The van der Waals surface area contributed by atoms with Crippen LogP contribution in [0.15, 0.2) is 24.3 Å². The van der Waals surface area contributed by atoms with Crippen LogP contribution in [0.25, 0.3) is 0 Å². The Kier molecular flexibility index (Phi) is 7.32. The average molecular weight is 296 g/mol. The van der Waals surface area contributed by atoms with Crippen molar-refractivity contribution in [2.45, 2.75) is 26.4 Å².